The Balaban J connectivity index is 1.72. The summed E-state index contributed by atoms with van der Waals surface area (Å²) >= 11 is 0. The Morgan fingerprint density at radius 1 is 1.21 bits per heavy atom. The minimum atomic E-state index is -0.166. The van der Waals surface area contributed by atoms with E-state index in [-0.39, 0.29) is 12.1 Å². The van der Waals surface area contributed by atoms with Crippen molar-refractivity contribution in [3.63, 3.8) is 0 Å². The topological polar surface area (TPSA) is 49.5 Å². The highest BCUT2D eigenvalue weighted by molar-refractivity contribution is 5.37. The van der Waals surface area contributed by atoms with E-state index in [4.69, 9.17) is 5.73 Å². The van der Waals surface area contributed by atoms with E-state index in [1.807, 2.05) is 6.92 Å². The summed E-state index contributed by atoms with van der Waals surface area (Å²) in [6.07, 6.45) is 3.08. The highest BCUT2D eigenvalue weighted by atomic mass is 16.3. The van der Waals surface area contributed by atoms with Crippen LogP contribution < -0.4 is 5.73 Å². The van der Waals surface area contributed by atoms with E-state index in [1.54, 1.807) is 0 Å². The van der Waals surface area contributed by atoms with Crippen molar-refractivity contribution in [2.45, 2.75) is 44.4 Å². The standard InChI is InChI=1S/C16H24N2O/c1-11(19)12-6-8-18(9-7-12)16-10-15(17)13-4-2-3-5-14(13)16/h2-5,11-12,15-16,19H,6-10,17H2,1H3. The number of aliphatic hydroxyl groups excluding tert-OH is 1. The molecule has 0 saturated carbocycles. The summed E-state index contributed by atoms with van der Waals surface area (Å²) in [4.78, 5) is 2.56. The quantitative estimate of drug-likeness (QED) is 0.857. The molecular weight excluding hydrogens is 236 g/mol. The Labute approximate surface area is 115 Å². The van der Waals surface area contributed by atoms with Crippen LogP contribution >= 0.6 is 0 Å². The third kappa shape index (κ3) is 2.42. The molecule has 3 N–H and O–H groups in total. The lowest BCUT2D eigenvalue weighted by Crippen LogP contribution is -2.38. The lowest BCUT2D eigenvalue weighted by Gasteiger charge is -2.37. The zero-order valence-corrected chi connectivity index (χ0v) is 11.6. The number of aliphatic hydroxyl groups is 1. The molecule has 2 aliphatic rings. The van der Waals surface area contributed by atoms with Gasteiger partial charge in [-0.2, -0.15) is 0 Å². The van der Waals surface area contributed by atoms with Gasteiger partial charge in [-0.3, -0.25) is 4.90 Å². The molecule has 3 unspecified atom stereocenters. The van der Waals surface area contributed by atoms with Gasteiger partial charge < -0.3 is 10.8 Å². The van der Waals surface area contributed by atoms with Gasteiger partial charge in [-0.1, -0.05) is 24.3 Å². The van der Waals surface area contributed by atoms with Crippen LogP contribution in [0.15, 0.2) is 24.3 Å². The van der Waals surface area contributed by atoms with Crippen molar-refractivity contribution in [2.75, 3.05) is 13.1 Å². The van der Waals surface area contributed by atoms with E-state index in [2.05, 4.69) is 29.2 Å². The van der Waals surface area contributed by atoms with Gasteiger partial charge in [0.25, 0.3) is 0 Å². The van der Waals surface area contributed by atoms with Gasteiger partial charge in [-0.05, 0) is 56.3 Å². The summed E-state index contributed by atoms with van der Waals surface area (Å²) in [5.74, 6) is 0.474. The van der Waals surface area contributed by atoms with E-state index in [1.165, 1.54) is 11.1 Å². The average Bonchev–Trinajstić information content (AvgIpc) is 2.77. The van der Waals surface area contributed by atoms with Gasteiger partial charge in [-0.25, -0.2) is 0 Å². The van der Waals surface area contributed by atoms with Gasteiger partial charge in [0.05, 0.1) is 6.10 Å². The summed E-state index contributed by atoms with van der Waals surface area (Å²) in [7, 11) is 0. The first-order chi connectivity index (χ1) is 9.16. The van der Waals surface area contributed by atoms with Gasteiger partial charge in [0.2, 0.25) is 0 Å². The Hall–Kier alpha value is -0.900. The molecule has 3 atom stereocenters. The average molecular weight is 260 g/mol. The van der Waals surface area contributed by atoms with Gasteiger partial charge >= 0.3 is 0 Å². The predicted molar refractivity (Wildman–Crippen MR) is 76.7 cm³/mol. The van der Waals surface area contributed by atoms with Crippen molar-refractivity contribution in [3.05, 3.63) is 35.4 Å². The van der Waals surface area contributed by atoms with Crippen molar-refractivity contribution in [1.82, 2.24) is 4.90 Å². The molecule has 0 aromatic heterocycles. The molecule has 0 spiro atoms. The van der Waals surface area contributed by atoms with E-state index in [0.717, 1.165) is 32.4 Å². The smallest absolute Gasteiger partial charge is 0.0541 e. The maximum absolute atomic E-state index is 9.69. The van der Waals surface area contributed by atoms with Crippen LogP contribution in [0, 0.1) is 5.92 Å². The second-order valence-electron chi connectivity index (χ2n) is 6.10. The molecule has 104 valence electrons. The minimum Gasteiger partial charge on any atom is -0.393 e. The number of likely N-dealkylation sites (tertiary alicyclic amines) is 1. The summed E-state index contributed by atoms with van der Waals surface area (Å²) in [5, 5.41) is 9.69. The normalized spacial score (nSPS) is 30.3. The maximum Gasteiger partial charge on any atom is 0.0541 e. The Kier molecular flexibility index (Phi) is 3.61. The third-order valence-electron chi connectivity index (χ3n) is 4.93. The van der Waals surface area contributed by atoms with Crippen LogP contribution in [0.25, 0.3) is 0 Å². The largest absolute Gasteiger partial charge is 0.393 e. The molecule has 1 aromatic rings. The van der Waals surface area contributed by atoms with Gasteiger partial charge in [0.15, 0.2) is 0 Å². The number of hydrogen-bond acceptors (Lipinski definition) is 3. The maximum atomic E-state index is 9.69. The Morgan fingerprint density at radius 2 is 1.84 bits per heavy atom. The molecule has 0 radical (unpaired) electrons. The van der Waals surface area contributed by atoms with E-state index in [9.17, 15) is 5.11 Å². The first-order valence-corrected chi connectivity index (χ1v) is 7.43. The highest BCUT2D eigenvalue weighted by Gasteiger charge is 2.34. The van der Waals surface area contributed by atoms with Gasteiger partial charge in [-0.15, -0.1) is 0 Å². The van der Waals surface area contributed by atoms with Crippen LogP contribution in [0.5, 0.6) is 0 Å². The number of benzene rings is 1. The van der Waals surface area contributed by atoms with Gasteiger partial charge in [0, 0.05) is 12.1 Å². The number of nitrogens with zero attached hydrogens (tertiary/aromatic N) is 1. The summed E-state index contributed by atoms with van der Waals surface area (Å²) < 4.78 is 0. The predicted octanol–water partition coefficient (Wildman–Crippen LogP) is 2.22. The minimum absolute atomic E-state index is 0.166. The fraction of sp³-hybridized carbons (Fsp3) is 0.625. The zero-order chi connectivity index (χ0) is 13.4. The molecular formula is C16H24N2O. The van der Waals surface area contributed by atoms with Crippen LogP contribution in [-0.2, 0) is 0 Å². The molecule has 0 bridgehead atoms. The molecule has 3 heteroatoms. The fourth-order valence-electron chi connectivity index (χ4n) is 3.71. The molecule has 1 aliphatic carbocycles. The SMILES string of the molecule is CC(O)C1CCN(C2CC(N)c3ccccc32)CC1. The van der Waals surface area contributed by atoms with Crippen molar-refractivity contribution in [2.24, 2.45) is 11.7 Å². The molecule has 0 amide bonds. The molecule has 3 nitrogen and oxygen atoms in total. The number of hydrogen-bond donors (Lipinski definition) is 2. The summed E-state index contributed by atoms with van der Waals surface area (Å²) in [6.45, 7) is 4.09. The number of rotatable bonds is 2. The van der Waals surface area contributed by atoms with Crippen LogP contribution in [0.1, 0.15) is 49.4 Å². The number of piperidine rings is 1. The molecule has 1 aromatic carbocycles. The first kappa shape index (κ1) is 13.1. The van der Waals surface area contributed by atoms with Crippen molar-refractivity contribution >= 4 is 0 Å². The van der Waals surface area contributed by atoms with Crippen molar-refractivity contribution in [1.29, 1.82) is 0 Å². The number of nitrogens with two attached hydrogens (primary N) is 1. The third-order valence-corrected chi connectivity index (χ3v) is 4.93. The number of fused-ring (bicyclic) bond motifs is 1. The lowest BCUT2D eigenvalue weighted by molar-refractivity contribution is 0.0547. The molecule has 1 aliphatic heterocycles. The fourth-order valence-corrected chi connectivity index (χ4v) is 3.71. The van der Waals surface area contributed by atoms with E-state index < -0.39 is 0 Å². The van der Waals surface area contributed by atoms with Crippen LogP contribution in [0.3, 0.4) is 0 Å². The van der Waals surface area contributed by atoms with Crippen molar-refractivity contribution < 1.29 is 5.11 Å². The lowest BCUT2D eigenvalue weighted by atomic mass is 9.91. The highest BCUT2D eigenvalue weighted by Crippen LogP contribution is 2.42. The monoisotopic (exact) mass is 260 g/mol. The van der Waals surface area contributed by atoms with E-state index in [0.29, 0.717) is 12.0 Å². The zero-order valence-electron chi connectivity index (χ0n) is 11.6. The van der Waals surface area contributed by atoms with Gasteiger partial charge in [0.1, 0.15) is 0 Å². The molecule has 1 saturated heterocycles. The Morgan fingerprint density at radius 3 is 2.47 bits per heavy atom. The molecule has 1 heterocycles. The van der Waals surface area contributed by atoms with E-state index >= 15 is 0 Å². The van der Waals surface area contributed by atoms with Crippen LogP contribution in [0.2, 0.25) is 0 Å². The van der Waals surface area contributed by atoms with Crippen molar-refractivity contribution in [3.8, 4) is 0 Å². The van der Waals surface area contributed by atoms with Crippen LogP contribution in [0.4, 0.5) is 0 Å². The Bertz CT molecular complexity index is 438. The molecule has 3 rings (SSSR count). The second kappa shape index (κ2) is 5.23. The summed E-state index contributed by atoms with van der Waals surface area (Å²) in [6, 6.07) is 9.28. The summed E-state index contributed by atoms with van der Waals surface area (Å²) in [5.41, 5.74) is 9.00. The molecule has 19 heavy (non-hydrogen) atoms. The second-order valence-corrected chi connectivity index (χ2v) is 6.10. The first-order valence-electron chi connectivity index (χ1n) is 7.43. The van der Waals surface area contributed by atoms with Crippen LogP contribution in [-0.4, -0.2) is 29.2 Å². The molecule has 1 fully saturated rings.